The number of sulfone groups is 1. The van der Waals surface area contributed by atoms with Crippen molar-refractivity contribution in [3.05, 3.63) is 29.3 Å². The van der Waals surface area contributed by atoms with Crippen LogP contribution in [0.3, 0.4) is 0 Å². The second-order valence-electron chi connectivity index (χ2n) is 7.03. The van der Waals surface area contributed by atoms with E-state index in [-0.39, 0.29) is 42.1 Å². The number of fused-ring (bicyclic) bond motifs is 1. The number of amides is 1. The number of aliphatic imine (C=N–C) groups is 1. The number of carboxylic acid groups (broad SMARTS) is 1. The second kappa shape index (κ2) is 7.63. The van der Waals surface area contributed by atoms with E-state index in [9.17, 15) is 23.1 Å². The number of rotatable bonds is 5. The van der Waals surface area contributed by atoms with Gasteiger partial charge in [-0.15, -0.1) is 0 Å². The van der Waals surface area contributed by atoms with E-state index in [1.807, 2.05) is 36.9 Å². The molecule has 1 aromatic carbocycles. The summed E-state index contributed by atoms with van der Waals surface area (Å²) in [6.07, 6.45) is 0.00772. The molecule has 146 valence electrons. The molecule has 1 amide bonds. The molecule has 9 heteroatoms. The normalized spacial score (nSPS) is 25.0. The van der Waals surface area contributed by atoms with Gasteiger partial charge in [0.05, 0.1) is 17.5 Å². The lowest BCUT2D eigenvalue weighted by atomic mass is 10.1. The fourth-order valence-corrected chi connectivity index (χ4v) is 7.43. The summed E-state index contributed by atoms with van der Waals surface area (Å²) >= 11 is 1.31. The Morgan fingerprint density at radius 1 is 1.19 bits per heavy atom. The Labute approximate surface area is 162 Å². The molecular formula is C18H21N2O5S2-. The molecule has 0 aliphatic carbocycles. The molecular weight excluding hydrogens is 388 g/mol. The van der Waals surface area contributed by atoms with Crippen molar-refractivity contribution in [2.75, 3.05) is 16.4 Å². The topological polar surface area (TPSA) is 107 Å². The lowest BCUT2D eigenvalue weighted by molar-refractivity contribution is -0.305. The van der Waals surface area contributed by atoms with Crippen LogP contribution in [0.2, 0.25) is 0 Å². The largest absolute Gasteiger partial charge is 0.550 e. The van der Waals surface area contributed by atoms with Crippen molar-refractivity contribution >= 4 is 44.3 Å². The van der Waals surface area contributed by atoms with Crippen molar-refractivity contribution in [1.29, 1.82) is 0 Å². The van der Waals surface area contributed by atoms with Crippen molar-refractivity contribution in [2.45, 2.75) is 44.4 Å². The Morgan fingerprint density at radius 2 is 1.85 bits per heavy atom. The quantitative estimate of drug-likeness (QED) is 0.709. The summed E-state index contributed by atoms with van der Waals surface area (Å²) in [6, 6.07) is 5.68. The number of aryl methyl sites for hydroxylation is 2. The van der Waals surface area contributed by atoms with Gasteiger partial charge in [-0.25, -0.2) is 8.42 Å². The van der Waals surface area contributed by atoms with Crippen LogP contribution in [0, 0.1) is 13.8 Å². The molecule has 2 heterocycles. The number of aliphatic carboxylic acids is 1. The molecule has 0 N–H and O–H groups in total. The molecule has 2 aliphatic rings. The Morgan fingerprint density at radius 3 is 2.48 bits per heavy atom. The SMILES string of the molecule is Cc1cc(C)cc(N2C(=NC(=O)CCCC(=O)[O-])S[C@@H]3CS(=O)(=O)C[C@H]32)c1. The van der Waals surface area contributed by atoms with Gasteiger partial charge in [-0.1, -0.05) is 17.8 Å². The Bertz CT molecular complexity index is 890. The molecule has 0 saturated carbocycles. The summed E-state index contributed by atoms with van der Waals surface area (Å²) in [7, 11) is -3.12. The lowest BCUT2D eigenvalue weighted by Gasteiger charge is -2.25. The maximum Gasteiger partial charge on any atom is 0.248 e. The van der Waals surface area contributed by atoms with E-state index in [0.717, 1.165) is 16.8 Å². The standard InChI is InChI=1S/C18H22N2O5S2/c1-11-6-12(2)8-13(7-11)20-14-9-27(24,25)10-15(14)26-18(20)19-16(21)4-3-5-17(22)23/h6-8,14-15H,3-5,9-10H2,1-2H3,(H,22,23)/p-1/t14-,15-/m1/s1. The molecule has 0 aromatic heterocycles. The van der Waals surface area contributed by atoms with E-state index >= 15 is 0 Å². The first-order chi connectivity index (χ1) is 12.6. The minimum Gasteiger partial charge on any atom is -0.550 e. The molecule has 27 heavy (non-hydrogen) atoms. The molecule has 0 radical (unpaired) electrons. The van der Waals surface area contributed by atoms with E-state index in [4.69, 9.17) is 0 Å². The third-order valence-corrected chi connectivity index (χ3v) is 7.75. The van der Waals surface area contributed by atoms with Gasteiger partial charge in [-0.3, -0.25) is 4.79 Å². The zero-order chi connectivity index (χ0) is 19.8. The highest BCUT2D eigenvalue weighted by molar-refractivity contribution is 8.16. The van der Waals surface area contributed by atoms with Gasteiger partial charge >= 0.3 is 0 Å². The summed E-state index contributed by atoms with van der Waals surface area (Å²) in [5, 5.41) is 10.8. The number of benzene rings is 1. The van der Waals surface area contributed by atoms with E-state index < -0.39 is 21.7 Å². The van der Waals surface area contributed by atoms with Gasteiger partial charge in [0.1, 0.15) is 0 Å². The van der Waals surface area contributed by atoms with Gasteiger partial charge in [0.25, 0.3) is 0 Å². The highest BCUT2D eigenvalue weighted by atomic mass is 32.2. The summed E-state index contributed by atoms with van der Waals surface area (Å²) < 4.78 is 24.2. The smallest absolute Gasteiger partial charge is 0.248 e. The average Bonchev–Trinajstić information content (AvgIpc) is 2.96. The number of carboxylic acids is 1. The van der Waals surface area contributed by atoms with Gasteiger partial charge in [0.15, 0.2) is 15.0 Å². The summed E-state index contributed by atoms with van der Waals surface area (Å²) in [6.45, 7) is 3.93. The van der Waals surface area contributed by atoms with Gasteiger partial charge in [-0.2, -0.15) is 4.99 Å². The first kappa shape index (κ1) is 19.9. The maximum absolute atomic E-state index is 12.2. The van der Waals surface area contributed by atoms with Crippen molar-refractivity contribution in [3.8, 4) is 0 Å². The minimum atomic E-state index is -3.12. The number of amidine groups is 1. The zero-order valence-corrected chi connectivity index (χ0v) is 16.8. The minimum absolute atomic E-state index is 0.0202. The number of carbonyl (C=O) groups is 2. The van der Waals surface area contributed by atoms with Crippen molar-refractivity contribution in [1.82, 2.24) is 0 Å². The second-order valence-corrected chi connectivity index (χ2v) is 10.4. The number of hydrogen-bond donors (Lipinski definition) is 0. The Kier molecular flexibility index (Phi) is 5.62. The van der Waals surface area contributed by atoms with Crippen LogP contribution in [0.15, 0.2) is 23.2 Å². The fraction of sp³-hybridized carbons (Fsp3) is 0.500. The van der Waals surface area contributed by atoms with Crippen LogP contribution >= 0.6 is 11.8 Å². The van der Waals surface area contributed by atoms with Crippen LogP contribution in [0.1, 0.15) is 30.4 Å². The van der Waals surface area contributed by atoms with Crippen LogP contribution < -0.4 is 10.0 Å². The monoisotopic (exact) mass is 409 g/mol. The molecule has 2 saturated heterocycles. The van der Waals surface area contributed by atoms with Gasteiger partial charge in [-0.05, 0) is 49.9 Å². The highest BCUT2D eigenvalue weighted by Gasteiger charge is 2.49. The van der Waals surface area contributed by atoms with Crippen molar-refractivity contribution in [3.63, 3.8) is 0 Å². The third kappa shape index (κ3) is 4.70. The zero-order valence-electron chi connectivity index (χ0n) is 15.2. The van der Waals surface area contributed by atoms with E-state index in [0.29, 0.717) is 5.17 Å². The first-order valence-electron chi connectivity index (χ1n) is 8.70. The lowest BCUT2D eigenvalue weighted by Crippen LogP contribution is -2.37. The Balaban J connectivity index is 1.89. The van der Waals surface area contributed by atoms with Crippen LogP contribution in [0.4, 0.5) is 5.69 Å². The predicted octanol–water partition coefficient (Wildman–Crippen LogP) is 0.825. The molecule has 7 nitrogen and oxygen atoms in total. The molecule has 3 rings (SSSR count). The number of nitrogens with zero attached hydrogens (tertiary/aromatic N) is 2. The van der Waals surface area contributed by atoms with Crippen LogP contribution in [0.25, 0.3) is 0 Å². The van der Waals surface area contributed by atoms with E-state index in [2.05, 4.69) is 4.99 Å². The number of hydrogen-bond acceptors (Lipinski definition) is 6. The maximum atomic E-state index is 12.2. The number of carbonyl (C=O) groups excluding carboxylic acids is 2. The van der Waals surface area contributed by atoms with Crippen molar-refractivity contribution in [2.24, 2.45) is 4.99 Å². The summed E-state index contributed by atoms with van der Waals surface area (Å²) in [4.78, 5) is 28.7. The average molecular weight is 410 g/mol. The highest BCUT2D eigenvalue weighted by Crippen LogP contribution is 2.41. The number of anilines is 1. The third-order valence-electron chi connectivity index (χ3n) is 4.54. The summed E-state index contributed by atoms with van der Waals surface area (Å²) in [5.74, 6) is -1.49. The van der Waals surface area contributed by atoms with Crippen LogP contribution in [-0.2, 0) is 19.4 Å². The molecule has 1 aromatic rings. The summed E-state index contributed by atoms with van der Waals surface area (Å²) in [5.41, 5.74) is 2.91. The van der Waals surface area contributed by atoms with Crippen LogP contribution in [0.5, 0.6) is 0 Å². The number of thioether (sulfide) groups is 1. The molecule has 0 spiro atoms. The Hall–Kier alpha value is -1.87. The first-order valence-corrected chi connectivity index (χ1v) is 11.4. The fourth-order valence-electron chi connectivity index (χ4n) is 3.50. The van der Waals surface area contributed by atoms with Gasteiger partial charge in [0, 0.05) is 23.3 Å². The van der Waals surface area contributed by atoms with Gasteiger partial charge < -0.3 is 14.8 Å². The molecule has 2 atom stereocenters. The van der Waals surface area contributed by atoms with E-state index in [1.54, 1.807) is 0 Å². The molecule has 2 fully saturated rings. The molecule has 2 aliphatic heterocycles. The van der Waals surface area contributed by atoms with Gasteiger partial charge in [0.2, 0.25) is 5.91 Å². The van der Waals surface area contributed by atoms with Crippen LogP contribution in [-0.4, -0.2) is 48.3 Å². The molecule has 0 bridgehead atoms. The predicted molar refractivity (Wildman–Crippen MR) is 104 cm³/mol. The van der Waals surface area contributed by atoms with E-state index in [1.165, 1.54) is 11.8 Å². The van der Waals surface area contributed by atoms with Crippen molar-refractivity contribution < 1.29 is 23.1 Å². The molecule has 0 unspecified atom stereocenters.